The molecule has 1 N–H and O–H groups in total. The van der Waals surface area contributed by atoms with Gasteiger partial charge in [-0.05, 0) is 35.6 Å². The highest BCUT2D eigenvalue weighted by molar-refractivity contribution is 5.92. The molecule has 0 aliphatic heterocycles. The Hall–Kier alpha value is -2.67. The van der Waals surface area contributed by atoms with Crippen LogP contribution in [0, 0.1) is 17.3 Å². The summed E-state index contributed by atoms with van der Waals surface area (Å²) in [4.78, 5) is 20.2. The molecule has 2 aromatic heterocycles. The first-order valence-corrected chi connectivity index (χ1v) is 7.11. The largest absolute Gasteiger partial charge is 0.350 e. The Morgan fingerprint density at radius 3 is 2.55 bits per heavy atom. The fraction of sp³-hybridized carbons (Fsp3) is 0.278. The molecule has 0 unspecified atom stereocenters. The van der Waals surface area contributed by atoms with Crippen molar-refractivity contribution in [2.45, 2.75) is 20.8 Å². The van der Waals surface area contributed by atoms with Crippen LogP contribution in [0.3, 0.4) is 0 Å². The first-order chi connectivity index (χ1) is 10.4. The molecule has 0 atom stereocenters. The fourth-order valence-electron chi connectivity index (χ4n) is 1.61. The van der Waals surface area contributed by atoms with Gasteiger partial charge in [0, 0.05) is 24.5 Å². The average Bonchev–Trinajstić information content (AvgIpc) is 2.51. The fourth-order valence-corrected chi connectivity index (χ4v) is 1.61. The average molecular weight is 293 g/mol. The topological polar surface area (TPSA) is 54.9 Å². The van der Waals surface area contributed by atoms with Gasteiger partial charge in [-0.1, -0.05) is 32.8 Å². The van der Waals surface area contributed by atoms with Crippen LogP contribution in [0.4, 0.5) is 0 Å². The number of rotatable bonds is 2. The highest BCUT2D eigenvalue weighted by atomic mass is 16.1. The molecular weight excluding hydrogens is 274 g/mol. The third-order valence-electron chi connectivity index (χ3n) is 2.78. The Labute approximate surface area is 131 Å². The van der Waals surface area contributed by atoms with Gasteiger partial charge in [0.1, 0.15) is 11.4 Å². The molecule has 2 aromatic rings. The predicted molar refractivity (Wildman–Crippen MR) is 86.2 cm³/mol. The molecule has 0 saturated carbocycles. The Balaban J connectivity index is 2.02. The Bertz CT molecular complexity index is 689. The van der Waals surface area contributed by atoms with E-state index in [1.54, 1.807) is 24.5 Å². The number of hydrogen-bond donors (Lipinski definition) is 1. The molecule has 0 fully saturated rings. The SMILES string of the molecule is CC(C)(C)CNC(=O)c1ccc(C#Cc2ccccn2)cn1. The standard InChI is InChI=1S/C18H19N3O/c1-18(2,3)13-21-17(22)16-10-8-14(12-20-16)7-9-15-6-4-5-11-19-15/h4-6,8,10-12H,13H2,1-3H3,(H,21,22). The molecule has 4 nitrogen and oxygen atoms in total. The smallest absolute Gasteiger partial charge is 0.269 e. The van der Waals surface area contributed by atoms with Gasteiger partial charge in [-0.15, -0.1) is 0 Å². The molecule has 0 spiro atoms. The van der Waals surface area contributed by atoms with Crippen molar-refractivity contribution in [3.63, 3.8) is 0 Å². The van der Waals surface area contributed by atoms with E-state index in [-0.39, 0.29) is 11.3 Å². The van der Waals surface area contributed by atoms with E-state index in [2.05, 4.69) is 47.9 Å². The normalized spacial score (nSPS) is 10.5. The number of nitrogens with zero attached hydrogens (tertiary/aromatic N) is 2. The van der Waals surface area contributed by atoms with E-state index in [4.69, 9.17) is 0 Å². The molecule has 0 aliphatic carbocycles. The predicted octanol–water partition coefficient (Wildman–Crippen LogP) is 2.65. The summed E-state index contributed by atoms with van der Waals surface area (Å²) in [7, 11) is 0. The minimum absolute atomic E-state index is 0.0454. The third-order valence-corrected chi connectivity index (χ3v) is 2.78. The van der Waals surface area contributed by atoms with E-state index in [1.165, 1.54) is 0 Å². The first-order valence-electron chi connectivity index (χ1n) is 7.11. The lowest BCUT2D eigenvalue weighted by atomic mass is 9.97. The molecule has 4 heteroatoms. The number of hydrogen-bond acceptors (Lipinski definition) is 3. The highest BCUT2D eigenvalue weighted by Crippen LogP contribution is 2.10. The van der Waals surface area contributed by atoms with Crippen LogP contribution in [0.5, 0.6) is 0 Å². The summed E-state index contributed by atoms with van der Waals surface area (Å²) in [6.45, 7) is 6.81. The summed E-state index contributed by atoms with van der Waals surface area (Å²) in [5, 5.41) is 2.87. The molecule has 112 valence electrons. The summed E-state index contributed by atoms with van der Waals surface area (Å²) < 4.78 is 0. The van der Waals surface area contributed by atoms with Crippen LogP contribution in [0.25, 0.3) is 0 Å². The second kappa shape index (κ2) is 6.86. The molecular formula is C18H19N3O. The number of carbonyl (C=O) groups excluding carboxylic acids is 1. The molecule has 0 radical (unpaired) electrons. The van der Waals surface area contributed by atoms with Gasteiger partial charge >= 0.3 is 0 Å². The molecule has 0 aromatic carbocycles. The van der Waals surface area contributed by atoms with E-state index < -0.39 is 0 Å². The molecule has 0 saturated heterocycles. The van der Waals surface area contributed by atoms with Crippen molar-refractivity contribution in [1.29, 1.82) is 0 Å². The lowest BCUT2D eigenvalue weighted by Gasteiger charge is -2.18. The van der Waals surface area contributed by atoms with Crippen LogP contribution in [-0.4, -0.2) is 22.4 Å². The van der Waals surface area contributed by atoms with Gasteiger partial charge in [0.2, 0.25) is 0 Å². The number of pyridine rings is 2. The van der Waals surface area contributed by atoms with Crippen molar-refractivity contribution in [2.75, 3.05) is 6.54 Å². The maximum Gasteiger partial charge on any atom is 0.269 e. The molecule has 0 bridgehead atoms. The van der Waals surface area contributed by atoms with Crippen molar-refractivity contribution >= 4 is 5.91 Å². The summed E-state index contributed by atoms with van der Waals surface area (Å²) in [6, 6.07) is 9.04. The van der Waals surface area contributed by atoms with Gasteiger partial charge in [-0.3, -0.25) is 4.79 Å². The summed E-state index contributed by atoms with van der Waals surface area (Å²) in [5.41, 5.74) is 1.89. The number of amides is 1. The molecule has 2 heterocycles. The van der Waals surface area contributed by atoms with Crippen LogP contribution in [0.15, 0.2) is 42.7 Å². The van der Waals surface area contributed by atoms with Crippen LogP contribution >= 0.6 is 0 Å². The zero-order valence-electron chi connectivity index (χ0n) is 13.1. The van der Waals surface area contributed by atoms with Crippen LogP contribution in [0.1, 0.15) is 42.5 Å². The van der Waals surface area contributed by atoms with E-state index in [1.807, 2.05) is 18.2 Å². The van der Waals surface area contributed by atoms with Crippen molar-refractivity contribution in [3.05, 3.63) is 59.7 Å². The zero-order valence-corrected chi connectivity index (χ0v) is 13.1. The highest BCUT2D eigenvalue weighted by Gasteiger charge is 2.13. The van der Waals surface area contributed by atoms with Crippen molar-refractivity contribution in [2.24, 2.45) is 5.41 Å². The van der Waals surface area contributed by atoms with Gasteiger partial charge < -0.3 is 5.32 Å². The van der Waals surface area contributed by atoms with Crippen molar-refractivity contribution < 1.29 is 4.79 Å². The zero-order chi connectivity index (χ0) is 16.0. The molecule has 2 rings (SSSR count). The minimum Gasteiger partial charge on any atom is -0.350 e. The van der Waals surface area contributed by atoms with Crippen LogP contribution in [-0.2, 0) is 0 Å². The number of carbonyl (C=O) groups is 1. The minimum atomic E-state index is -0.167. The Kier molecular flexibility index (Phi) is 4.90. The van der Waals surface area contributed by atoms with Gasteiger partial charge in [0.25, 0.3) is 5.91 Å². The van der Waals surface area contributed by atoms with Crippen LogP contribution in [0.2, 0.25) is 0 Å². The first kappa shape index (κ1) is 15.7. The van der Waals surface area contributed by atoms with Gasteiger partial charge in [0.15, 0.2) is 0 Å². The van der Waals surface area contributed by atoms with Gasteiger partial charge in [-0.25, -0.2) is 9.97 Å². The Morgan fingerprint density at radius 2 is 1.95 bits per heavy atom. The van der Waals surface area contributed by atoms with Crippen molar-refractivity contribution in [1.82, 2.24) is 15.3 Å². The maximum atomic E-state index is 12.0. The Morgan fingerprint density at radius 1 is 1.14 bits per heavy atom. The number of nitrogens with one attached hydrogen (secondary N) is 1. The summed E-state index contributed by atoms with van der Waals surface area (Å²) in [6.07, 6.45) is 3.30. The monoisotopic (exact) mass is 293 g/mol. The third kappa shape index (κ3) is 5.02. The molecule has 1 amide bonds. The quantitative estimate of drug-likeness (QED) is 0.866. The maximum absolute atomic E-state index is 12.0. The van der Waals surface area contributed by atoms with Crippen LogP contribution < -0.4 is 5.32 Å². The van der Waals surface area contributed by atoms with E-state index in [9.17, 15) is 4.79 Å². The molecule has 22 heavy (non-hydrogen) atoms. The van der Waals surface area contributed by atoms with Gasteiger partial charge in [0.05, 0.1) is 0 Å². The van der Waals surface area contributed by atoms with E-state index >= 15 is 0 Å². The number of aromatic nitrogens is 2. The van der Waals surface area contributed by atoms with Crippen molar-refractivity contribution in [3.8, 4) is 11.8 Å². The summed E-state index contributed by atoms with van der Waals surface area (Å²) in [5.74, 6) is 5.76. The second-order valence-corrected chi connectivity index (χ2v) is 6.14. The van der Waals surface area contributed by atoms with E-state index in [0.29, 0.717) is 17.9 Å². The van der Waals surface area contributed by atoms with E-state index in [0.717, 1.165) is 5.56 Å². The van der Waals surface area contributed by atoms with Gasteiger partial charge in [-0.2, -0.15) is 0 Å². The lowest BCUT2D eigenvalue weighted by Crippen LogP contribution is -2.32. The second-order valence-electron chi connectivity index (χ2n) is 6.14. The summed E-state index contributed by atoms with van der Waals surface area (Å²) >= 11 is 0. The lowest BCUT2D eigenvalue weighted by molar-refractivity contribution is 0.0934. The molecule has 0 aliphatic rings.